The number of benzene rings is 1. The molecular formula is C24H29F2N3O2. The molecule has 1 aromatic carbocycles. The second-order valence-electron chi connectivity index (χ2n) is 7.91. The van der Waals surface area contributed by atoms with Crippen LogP contribution in [-0.4, -0.2) is 22.1 Å². The van der Waals surface area contributed by atoms with Crippen LogP contribution in [0.25, 0.3) is 5.52 Å². The summed E-state index contributed by atoms with van der Waals surface area (Å²) in [5.41, 5.74) is 2.45. The molecule has 3 aromatic rings. The molecule has 1 unspecified atom stereocenters. The van der Waals surface area contributed by atoms with Gasteiger partial charge in [-0.2, -0.15) is 9.61 Å². The molecule has 1 N–H and O–H groups in total. The lowest BCUT2D eigenvalue weighted by atomic mass is 10.1. The first-order valence-corrected chi connectivity index (χ1v) is 10.7. The number of hydrogen-bond acceptors (Lipinski definition) is 3. The van der Waals surface area contributed by atoms with Gasteiger partial charge < -0.3 is 10.1 Å². The van der Waals surface area contributed by atoms with Crippen molar-refractivity contribution >= 4 is 11.4 Å². The largest absolute Gasteiger partial charge is 0.473 e. The van der Waals surface area contributed by atoms with Crippen LogP contribution in [0, 0.1) is 24.5 Å². The highest BCUT2D eigenvalue weighted by atomic mass is 19.1. The fourth-order valence-electron chi connectivity index (χ4n) is 3.64. The van der Waals surface area contributed by atoms with Crippen molar-refractivity contribution in [1.82, 2.24) is 14.9 Å². The fourth-order valence-corrected chi connectivity index (χ4v) is 3.64. The summed E-state index contributed by atoms with van der Waals surface area (Å²) in [6.45, 7) is 8.29. The number of halogens is 2. The van der Waals surface area contributed by atoms with Crippen LogP contribution in [0.2, 0.25) is 0 Å². The molecule has 0 fully saturated rings. The van der Waals surface area contributed by atoms with Crippen molar-refractivity contribution in [1.29, 1.82) is 0 Å². The molecule has 31 heavy (non-hydrogen) atoms. The van der Waals surface area contributed by atoms with E-state index in [-0.39, 0.29) is 18.1 Å². The molecule has 0 bridgehead atoms. The maximum atomic E-state index is 14.0. The predicted octanol–water partition coefficient (Wildman–Crippen LogP) is 5.23. The van der Waals surface area contributed by atoms with E-state index in [1.54, 1.807) is 13.0 Å². The Labute approximate surface area is 181 Å². The molecule has 0 saturated heterocycles. The monoisotopic (exact) mass is 429 g/mol. The van der Waals surface area contributed by atoms with Crippen LogP contribution in [0.1, 0.15) is 60.8 Å². The number of aromatic nitrogens is 2. The van der Waals surface area contributed by atoms with Crippen LogP contribution in [0.4, 0.5) is 8.78 Å². The lowest BCUT2D eigenvalue weighted by molar-refractivity contribution is 0.0948. The predicted molar refractivity (Wildman–Crippen MR) is 116 cm³/mol. The van der Waals surface area contributed by atoms with Crippen LogP contribution < -0.4 is 10.1 Å². The van der Waals surface area contributed by atoms with E-state index in [1.165, 1.54) is 22.7 Å². The first-order valence-electron chi connectivity index (χ1n) is 10.7. The summed E-state index contributed by atoms with van der Waals surface area (Å²) < 4.78 is 35.3. The molecule has 166 valence electrons. The van der Waals surface area contributed by atoms with Gasteiger partial charge in [0.2, 0.25) is 5.88 Å². The summed E-state index contributed by atoms with van der Waals surface area (Å²) in [5.74, 6) is -0.799. The van der Waals surface area contributed by atoms with Crippen LogP contribution in [0.15, 0.2) is 30.3 Å². The standard InChI is InChI=1S/C24H29F2N3O2/c1-5-8-15(3)13-27-24(30)23-16(4)28-29-21(23)11-17(6-2)12-22(29)31-14-18-19(25)9-7-10-20(18)26/h7,9-12,15H,5-6,8,13-14H2,1-4H3,(H,27,30). The maximum Gasteiger partial charge on any atom is 0.255 e. The average Bonchev–Trinajstić information content (AvgIpc) is 3.07. The van der Waals surface area contributed by atoms with Gasteiger partial charge in [-0.1, -0.05) is 33.3 Å². The Hall–Kier alpha value is -2.96. The second-order valence-corrected chi connectivity index (χ2v) is 7.91. The van der Waals surface area contributed by atoms with Gasteiger partial charge in [0, 0.05) is 12.6 Å². The van der Waals surface area contributed by atoms with Gasteiger partial charge in [0.1, 0.15) is 18.2 Å². The molecule has 0 aliphatic heterocycles. The van der Waals surface area contributed by atoms with Crippen LogP contribution in [0.3, 0.4) is 0 Å². The zero-order valence-electron chi connectivity index (χ0n) is 18.5. The van der Waals surface area contributed by atoms with Crippen molar-refractivity contribution in [3.8, 4) is 5.88 Å². The smallest absolute Gasteiger partial charge is 0.255 e. The highest BCUT2D eigenvalue weighted by molar-refractivity contribution is 6.02. The zero-order valence-corrected chi connectivity index (χ0v) is 18.5. The van der Waals surface area contributed by atoms with E-state index in [2.05, 4.69) is 24.3 Å². The highest BCUT2D eigenvalue weighted by Crippen LogP contribution is 2.25. The quantitative estimate of drug-likeness (QED) is 0.507. The van der Waals surface area contributed by atoms with Crippen LogP contribution in [-0.2, 0) is 13.0 Å². The summed E-state index contributed by atoms with van der Waals surface area (Å²) in [7, 11) is 0. The minimum absolute atomic E-state index is 0.149. The van der Waals surface area contributed by atoms with E-state index in [0.29, 0.717) is 41.5 Å². The van der Waals surface area contributed by atoms with Gasteiger partial charge >= 0.3 is 0 Å². The summed E-state index contributed by atoms with van der Waals surface area (Å²) in [4.78, 5) is 12.9. The van der Waals surface area contributed by atoms with Gasteiger partial charge in [-0.25, -0.2) is 8.78 Å². The summed E-state index contributed by atoms with van der Waals surface area (Å²) >= 11 is 0. The number of fused-ring (bicyclic) bond motifs is 1. The zero-order chi connectivity index (χ0) is 22.5. The van der Waals surface area contributed by atoms with Crippen molar-refractivity contribution in [3.05, 3.63) is 64.4 Å². The number of carbonyl (C=O) groups excluding carboxylic acids is 1. The van der Waals surface area contributed by atoms with Crippen molar-refractivity contribution in [2.24, 2.45) is 5.92 Å². The molecule has 0 spiro atoms. The number of amides is 1. The molecule has 2 aromatic heterocycles. The van der Waals surface area contributed by atoms with E-state index < -0.39 is 11.6 Å². The SMILES string of the molecule is CCCC(C)CNC(=O)c1c(C)nn2c(OCc3c(F)cccc3F)cc(CC)cc12. The minimum atomic E-state index is -0.666. The molecular weight excluding hydrogens is 400 g/mol. The minimum Gasteiger partial charge on any atom is -0.473 e. The van der Waals surface area contributed by atoms with Gasteiger partial charge in [0.05, 0.1) is 22.3 Å². The van der Waals surface area contributed by atoms with E-state index >= 15 is 0 Å². The molecule has 7 heteroatoms. The molecule has 3 rings (SSSR count). The summed E-state index contributed by atoms with van der Waals surface area (Å²) in [6.07, 6.45) is 2.81. The van der Waals surface area contributed by atoms with Crippen molar-refractivity contribution in [2.75, 3.05) is 6.54 Å². The molecule has 0 aliphatic rings. The Balaban J connectivity index is 1.93. The number of nitrogens with zero attached hydrogens (tertiary/aromatic N) is 2. The summed E-state index contributed by atoms with van der Waals surface area (Å²) in [6, 6.07) is 7.39. The van der Waals surface area contributed by atoms with Gasteiger partial charge in [0.15, 0.2) is 0 Å². The lowest BCUT2D eigenvalue weighted by Crippen LogP contribution is -2.28. The highest BCUT2D eigenvalue weighted by Gasteiger charge is 2.21. The molecule has 0 aliphatic carbocycles. The summed E-state index contributed by atoms with van der Waals surface area (Å²) in [5, 5.41) is 7.47. The Bertz CT molecular complexity index is 1060. The third kappa shape index (κ3) is 5.03. The van der Waals surface area contributed by atoms with Gasteiger partial charge in [-0.3, -0.25) is 4.79 Å². The fraction of sp³-hybridized carbons (Fsp3) is 0.417. The molecule has 0 saturated carbocycles. The third-order valence-corrected chi connectivity index (χ3v) is 5.39. The maximum absolute atomic E-state index is 14.0. The molecule has 1 amide bonds. The molecule has 0 radical (unpaired) electrons. The number of hydrogen-bond donors (Lipinski definition) is 1. The van der Waals surface area contributed by atoms with Crippen molar-refractivity contribution in [2.45, 2.75) is 53.6 Å². The van der Waals surface area contributed by atoms with Crippen molar-refractivity contribution < 1.29 is 18.3 Å². The van der Waals surface area contributed by atoms with E-state index in [0.717, 1.165) is 18.4 Å². The second kappa shape index (κ2) is 9.90. The normalized spacial score (nSPS) is 12.2. The Morgan fingerprint density at radius 3 is 2.58 bits per heavy atom. The molecule has 5 nitrogen and oxygen atoms in total. The van der Waals surface area contributed by atoms with E-state index in [4.69, 9.17) is 4.74 Å². The first kappa shape index (κ1) is 22.7. The Morgan fingerprint density at radius 2 is 1.94 bits per heavy atom. The number of aryl methyl sites for hydroxylation is 2. The van der Waals surface area contributed by atoms with Crippen LogP contribution >= 0.6 is 0 Å². The first-order chi connectivity index (χ1) is 14.8. The van der Waals surface area contributed by atoms with E-state index in [1.807, 2.05) is 13.0 Å². The van der Waals surface area contributed by atoms with Gasteiger partial charge in [0.25, 0.3) is 5.91 Å². The Morgan fingerprint density at radius 1 is 1.23 bits per heavy atom. The number of ether oxygens (including phenoxy) is 1. The number of nitrogens with one attached hydrogen (secondary N) is 1. The number of carbonyl (C=O) groups is 1. The number of rotatable bonds is 9. The lowest BCUT2D eigenvalue weighted by Gasteiger charge is -2.13. The molecule has 2 heterocycles. The number of pyridine rings is 1. The topological polar surface area (TPSA) is 55.6 Å². The average molecular weight is 430 g/mol. The van der Waals surface area contributed by atoms with Crippen LogP contribution in [0.5, 0.6) is 5.88 Å². The van der Waals surface area contributed by atoms with Crippen molar-refractivity contribution in [3.63, 3.8) is 0 Å². The third-order valence-electron chi connectivity index (χ3n) is 5.39. The van der Waals surface area contributed by atoms with Gasteiger partial charge in [-0.15, -0.1) is 0 Å². The van der Waals surface area contributed by atoms with E-state index in [9.17, 15) is 13.6 Å². The van der Waals surface area contributed by atoms with Gasteiger partial charge in [-0.05, 0) is 49.4 Å². The Kier molecular flexibility index (Phi) is 7.25. The molecule has 1 atom stereocenters.